The van der Waals surface area contributed by atoms with E-state index in [-0.39, 0.29) is 11.5 Å². The van der Waals surface area contributed by atoms with Gasteiger partial charge in [0.2, 0.25) is 0 Å². The highest BCUT2D eigenvalue weighted by atomic mass is 79.9. The van der Waals surface area contributed by atoms with Gasteiger partial charge in [0.05, 0.1) is 11.5 Å². The largest absolute Gasteiger partial charge is 0.486 e. The Bertz CT molecular complexity index is 772. The minimum atomic E-state index is -3.26. The molecule has 0 saturated heterocycles. The van der Waals surface area contributed by atoms with Gasteiger partial charge in [0.25, 0.3) is 0 Å². The van der Waals surface area contributed by atoms with Crippen molar-refractivity contribution in [2.24, 2.45) is 0 Å². The first-order valence-electron chi connectivity index (χ1n) is 6.86. The lowest BCUT2D eigenvalue weighted by Gasteiger charge is -2.20. The maximum absolute atomic E-state index is 12.4. The molecular weight excluding hydrogens is 368 g/mol. The summed E-state index contributed by atoms with van der Waals surface area (Å²) < 4.78 is 36.5. The van der Waals surface area contributed by atoms with Crippen LogP contribution in [0.1, 0.15) is 11.1 Å². The van der Waals surface area contributed by atoms with Gasteiger partial charge in [0, 0.05) is 4.47 Å². The van der Waals surface area contributed by atoms with Crippen molar-refractivity contribution in [3.05, 3.63) is 58.1 Å². The van der Waals surface area contributed by atoms with E-state index in [1.165, 1.54) is 0 Å². The van der Waals surface area contributed by atoms with Crippen molar-refractivity contribution in [1.29, 1.82) is 0 Å². The van der Waals surface area contributed by atoms with E-state index in [0.29, 0.717) is 34.7 Å². The highest BCUT2D eigenvalue weighted by Gasteiger charge is 2.19. The van der Waals surface area contributed by atoms with Crippen molar-refractivity contribution in [3.63, 3.8) is 0 Å². The van der Waals surface area contributed by atoms with Crippen LogP contribution in [0.4, 0.5) is 0 Å². The van der Waals surface area contributed by atoms with Crippen molar-refractivity contribution in [1.82, 2.24) is 0 Å². The van der Waals surface area contributed by atoms with E-state index in [9.17, 15) is 8.42 Å². The molecule has 0 radical (unpaired) electrons. The Balaban J connectivity index is 1.83. The lowest BCUT2D eigenvalue weighted by molar-refractivity contribution is 0.171. The van der Waals surface area contributed by atoms with Gasteiger partial charge in [-0.15, -0.1) is 0 Å². The summed E-state index contributed by atoms with van der Waals surface area (Å²) in [6.07, 6.45) is 0. The first-order chi connectivity index (χ1) is 10.5. The number of sulfone groups is 1. The third-order valence-electron chi connectivity index (χ3n) is 3.32. The lowest BCUT2D eigenvalue weighted by atomic mass is 10.2. The third kappa shape index (κ3) is 3.62. The quantitative estimate of drug-likeness (QED) is 0.813. The summed E-state index contributed by atoms with van der Waals surface area (Å²) in [5.41, 5.74) is 1.47. The molecule has 0 amide bonds. The molecule has 6 heteroatoms. The molecule has 0 aromatic heterocycles. The molecule has 0 saturated carbocycles. The summed E-state index contributed by atoms with van der Waals surface area (Å²) in [7, 11) is -3.26. The number of halogens is 1. The van der Waals surface area contributed by atoms with Crippen molar-refractivity contribution >= 4 is 25.8 Å². The van der Waals surface area contributed by atoms with E-state index in [2.05, 4.69) is 15.9 Å². The summed E-state index contributed by atoms with van der Waals surface area (Å²) in [5.74, 6) is 1.22. The summed E-state index contributed by atoms with van der Waals surface area (Å²) >= 11 is 3.41. The molecule has 2 aromatic rings. The highest BCUT2D eigenvalue weighted by molar-refractivity contribution is 9.10. The Labute approximate surface area is 138 Å². The smallest absolute Gasteiger partial charge is 0.162 e. The predicted octanol–water partition coefficient (Wildman–Crippen LogP) is 3.34. The molecule has 3 rings (SSSR count). The van der Waals surface area contributed by atoms with Crippen molar-refractivity contribution in [2.45, 2.75) is 11.5 Å². The molecule has 0 fully saturated rings. The Hall–Kier alpha value is -1.53. The second-order valence-corrected chi connectivity index (χ2v) is 8.02. The SMILES string of the molecule is O=S(=O)(Cc1ccccc1)Cc1cc2c(cc1Br)OCCO2. The standard InChI is InChI=1S/C16H15BrO4S/c17-14-9-16-15(20-6-7-21-16)8-13(14)11-22(18,19)10-12-4-2-1-3-5-12/h1-5,8-9H,6-7,10-11H2. The van der Waals surface area contributed by atoms with E-state index in [0.717, 1.165) is 5.56 Å². The van der Waals surface area contributed by atoms with Gasteiger partial charge in [-0.3, -0.25) is 0 Å². The molecule has 0 bridgehead atoms. The molecule has 0 aliphatic carbocycles. The van der Waals surface area contributed by atoms with Gasteiger partial charge in [0.15, 0.2) is 21.3 Å². The van der Waals surface area contributed by atoms with E-state index in [1.54, 1.807) is 12.1 Å². The third-order valence-corrected chi connectivity index (χ3v) is 5.58. The van der Waals surface area contributed by atoms with Crippen LogP contribution in [0.2, 0.25) is 0 Å². The Morgan fingerprint density at radius 3 is 2.27 bits per heavy atom. The zero-order valence-electron chi connectivity index (χ0n) is 11.8. The summed E-state index contributed by atoms with van der Waals surface area (Å²) in [6.45, 7) is 0.982. The lowest BCUT2D eigenvalue weighted by Crippen LogP contribution is -2.16. The van der Waals surface area contributed by atoms with Crippen molar-refractivity contribution in [2.75, 3.05) is 13.2 Å². The van der Waals surface area contributed by atoms with Gasteiger partial charge in [-0.1, -0.05) is 46.3 Å². The molecule has 0 atom stereocenters. The fraction of sp³-hybridized carbons (Fsp3) is 0.250. The topological polar surface area (TPSA) is 52.6 Å². The fourth-order valence-electron chi connectivity index (χ4n) is 2.33. The molecule has 0 spiro atoms. The second kappa shape index (κ2) is 6.30. The molecule has 116 valence electrons. The molecule has 0 N–H and O–H groups in total. The van der Waals surface area contributed by atoms with E-state index < -0.39 is 9.84 Å². The van der Waals surface area contributed by atoms with E-state index >= 15 is 0 Å². The molecule has 4 nitrogen and oxygen atoms in total. The van der Waals surface area contributed by atoms with Crippen LogP contribution >= 0.6 is 15.9 Å². The maximum atomic E-state index is 12.4. The van der Waals surface area contributed by atoms with E-state index in [4.69, 9.17) is 9.47 Å². The van der Waals surface area contributed by atoms with Crippen LogP contribution in [0.25, 0.3) is 0 Å². The average molecular weight is 383 g/mol. The molecule has 0 unspecified atom stereocenters. The summed E-state index contributed by atoms with van der Waals surface area (Å²) in [5, 5.41) is 0. The maximum Gasteiger partial charge on any atom is 0.162 e. The average Bonchev–Trinajstić information content (AvgIpc) is 2.48. The number of hydrogen-bond acceptors (Lipinski definition) is 4. The minimum absolute atomic E-state index is 0.0225. The van der Waals surface area contributed by atoms with Gasteiger partial charge in [0.1, 0.15) is 13.2 Å². The number of hydrogen-bond donors (Lipinski definition) is 0. The minimum Gasteiger partial charge on any atom is -0.486 e. The molecule has 1 heterocycles. The number of rotatable bonds is 4. The van der Waals surface area contributed by atoms with Crippen molar-refractivity contribution < 1.29 is 17.9 Å². The van der Waals surface area contributed by atoms with Gasteiger partial charge in [-0.05, 0) is 23.3 Å². The Morgan fingerprint density at radius 1 is 0.955 bits per heavy atom. The fourth-order valence-corrected chi connectivity index (χ4v) is 4.50. The number of fused-ring (bicyclic) bond motifs is 1. The monoisotopic (exact) mass is 382 g/mol. The zero-order chi connectivity index (χ0) is 15.6. The van der Waals surface area contributed by atoms with Crippen LogP contribution in [-0.2, 0) is 21.3 Å². The van der Waals surface area contributed by atoms with Crippen molar-refractivity contribution in [3.8, 4) is 11.5 Å². The van der Waals surface area contributed by atoms with Crippen LogP contribution in [0.5, 0.6) is 11.5 Å². The summed E-state index contributed by atoms with van der Waals surface area (Å²) in [4.78, 5) is 0. The molecule has 1 aliphatic heterocycles. The molecule has 2 aromatic carbocycles. The van der Waals surface area contributed by atoms with Gasteiger partial charge in [-0.2, -0.15) is 0 Å². The second-order valence-electron chi connectivity index (χ2n) is 5.11. The zero-order valence-corrected chi connectivity index (χ0v) is 14.2. The number of ether oxygens (including phenoxy) is 2. The highest BCUT2D eigenvalue weighted by Crippen LogP contribution is 2.36. The summed E-state index contributed by atoms with van der Waals surface area (Å²) in [6, 6.07) is 12.7. The molecule has 22 heavy (non-hydrogen) atoms. The predicted molar refractivity (Wildman–Crippen MR) is 87.9 cm³/mol. The van der Waals surface area contributed by atoms with E-state index in [1.807, 2.05) is 30.3 Å². The van der Waals surface area contributed by atoms with Crippen LogP contribution in [0.15, 0.2) is 46.9 Å². The van der Waals surface area contributed by atoms with Gasteiger partial charge < -0.3 is 9.47 Å². The Morgan fingerprint density at radius 2 is 1.59 bits per heavy atom. The number of benzene rings is 2. The van der Waals surface area contributed by atoms with Crippen LogP contribution in [-0.4, -0.2) is 21.6 Å². The van der Waals surface area contributed by atoms with Crippen LogP contribution < -0.4 is 9.47 Å². The normalized spacial score (nSPS) is 13.9. The molecule has 1 aliphatic rings. The van der Waals surface area contributed by atoms with Crippen LogP contribution in [0.3, 0.4) is 0 Å². The van der Waals surface area contributed by atoms with Gasteiger partial charge in [-0.25, -0.2) is 8.42 Å². The Kier molecular flexibility index (Phi) is 4.40. The van der Waals surface area contributed by atoms with Crippen LogP contribution in [0, 0.1) is 0 Å². The first-order valence-corrected chi connectivity index (χ1v) is 9.47. The first kappa shape index (κ1) is 15.4. The van der Waals surface area contributed by atoms with Gasteiger partial charge >= 0.3 is 0 Å². The molecular formula is C16H15BrO4S.